The SMILES string of the molecule is c1ccc2c(N3CCC(c4nnc5ccccn45)CC3)nc(-c3ccncc3)nc2c1. The van der Waals surface area contributed by atoms with E-state index in [9.17, 15) is 0 Å². The molecule has 1 aromatic carbocycles. The van der Waals surface area contributed by atoms with E-state index in [4.69, 9.17) is 9.97 Å². The molecule has 5 heterocycles. The summed E-state index contributed by atoms with van der Waals surface area (Å²) in [6.45, 7) is 1.84. The number of benzene rings is 1. The average molecular weight is 407 g/mol. The minimum absolute atomic E-state index is 0.390. The molecule has 7 nitrogen and oxygen atoms in total. The number of pyridine rings is 2. The van der Waals surface area contributed by atoms with Crippen molar-refractivity contribution in [2.75, 3.05) is 18.0 Å². The molecule has 0 saturated carbocycles. The Labute approximate surface area is 179 Å². The van der Waals surface area contributed by atoms with Gasteiger partial charge in [-0.05, 0) is 49.2 Å². The summed E-state index contributed by atoms with van der Waals surface area (Å²) in [5.74, 6) is 3.19. The molecule has 0 atom stereocenters. The molecule has 1 saturated heterocycles. The molecular formula is C24H21N7. The summed E-state index contributed by atoms with van der Waals surface area (Å²) in [7, 11) is 0. The second-order valence-electron chi connectivity index (χ2n) is 7.87. The molecule has 0 amide bonds. The van der Waals surface area contributed by atoms with Crippen molar-refractivity contribution >= 4 is 22.4 Å². The quantitative estimate of drug-likeness (QED) is 0.448. The van der Waals surface area contributed by atoms with Crippen LogP contribution in [0.3, 0.4) is 0 Å². The maximum absolute atomic E-state index is 4.99. The highest BCUT2D eigenvalue weighted by atomic mass is 15.3. The van der Waals surface area contributed by atoms with Crippen LogP contribution in [-0.2, 0) is 0 Å². The minimum atomic E-state index is 0.390. The Morgan fingerprint density at radius 3 is 2.48 bits per heavy atom. The van der Waals surface area contributed by atoms with Crippen molar-refractivity contribution in [2.45, 2.75) is 18.8 Å². The Morgan fingerprint density at radius 1 is 0.806 bits per heavy atom. The Morgan fingerprint density at radius 2 is 1.61 bits per heavy atom. The van der Waals surface area contributed by atoms with Crippen LogP contribution in [0, 0.1) is 0 Å². The topological polar surface area (TPSA) is 72.1 Å². The van der Waals surface area contributed by atoms with E-state index in [0.717, 1.165) is 65.5 Å². The second kappa shape index (κ2) is 7.43. The number of hydrogen-bond donors (Lipinski definition) is 0. The monoisotopic (exact) mass is 407 g/mol. The van der Waals surface area contributed by atoms with Crippen molar-refractivity contribution in [2.24, 2.45) is 0 Å². The Bertz CT molecular complexity index is 1350. The fourth-order valence-electron chi connectivity index (χ4n) is 4.42. The van der Waals surface area contributed by atoms with Crippen molar-refractivity contribution in [3.63, 3.8) is 0 Å². The van der Waals surface area contributed by atoms with E-state index in [1.54, 1.807) is 12.4 Å². The van der Waals surface area contributed by atoms with Gasteiger partial charge >= 0.3 is 0 Å². The fourth-order valence-corrected chi connectivity index (χ4v) is 4.42. The van der Waals surface area contributed by atoms with E-state index >= 15 is 0 Å². The Balaban J connectivity index is 1.33. The average Bonchev–Trinajstić information content (AvgIpc) is 3.28. The minimum Gasteiger partial charge on any atom is -0.356 e. The number of aromatic nitrogens is 6. The maximum atomic E-state index is 4.99. The highest BCUT2D eigenvalue weighted by molar-refractivity contribution is 5.91. The van der Waals surface area contributed by atoms with Crippen molar-refractivity contribution < 1.29 is 0 Å². The first-order valence-corrected chi connectivity index (χ1v) is 10.6. The summed E-state index contributed by atoms with van der Waals surface area (Å²) >= 11 is 0. The van der Waals surface area contributed by atoms with Gasteiger partial charge in [0.1, 0.15) is 11.6 Å². The number of piperidine rings is 1. The number of fused-ring (bicyclic) bond motifs is 2. The van der Waals surface area contributed by atoms with Gasteiger partial charge < -0.3 is 4.90 Å². The molecule has 1 aliphatic rings. The lowest BCUT2D eigenvalue weighted by molar-refractivity contribution is 0.481. The third-order valence-corrected chi connectivity index (χ3v) is 6.02. The van der Waals surface area contributed by atoms with Crippen LogP contribution in [0.2, 0.25) is 0 Å². The van der Waals surface area contributed by atoms with E-state index in [0.29, 0.717) is 5.92 Å². The van der Waals surface area contributed by atoms with Gasteiger partial charge in [0.2, 0.25) is 0 Å². The summed E-state index contributed by atoms with van der Waals surface area (Å²) in [5, 5.41) is 9.90. The van der Waals surface area contributed by atoms with Gasteiger partial charge in [0, 0.05) is 48.5 Å². The van der Waals surface area contributed by atoms with Crippen molar-refractivity contribution in [3.05, 3.63) is 79.0 Å². The van der Waals surface area contributed by atoms with Crippen LogP contribution in [0.4, 0.5) is 5.82 Å². The summed E-state index contributed by atoms with van der Waals surface area (Å²) < 4.78 is 2.11. The van der Waals surface area contributed by atoms with Crippen LogP contribution < -0.4 is 4.90 Å². The molecule has 0 aliphatic carbocycles. The van der Waals surface area contributed by atoms with Gasteiger partial charge in [0.25, 0.3) is 0 Å². The first-order valence-electron chi connectivity index (χ1n) is 10.6. The van der Waals surface area contributed by atoms with Gasteiger partial charge in [0.15, 0.2) is 11.5 Å². The Kier molecular flexibility index (Phi) is 4.30. The van der Waals surface area contributed by atoms with Crippen LogP contribution in [0.25, 0.3) is 27.9 Å². The first kappa shape index (κ1) is 17.9. The van der Waals surface area contributed by atoms with Crippen molar-refractivity contribution in [3.8, 4) is 11.4 Å². The zero-order valence-corrected chi connectivity index (χ0v) is 17.0. The van der Waals surface area contributed by atoms with Gasteiger partial charge in [0.05, 0.1) is 5.52 Å². The fraction of sp³-hybridized carbons (Fsp3) is 0.208. The number of hydrogen-bond acceptors (Lipinski definition) is 6. The largest absolute Gasteiger partial charge is 0.356 e. The number of para-hydroxylation sites is 1. The van der Waals surface area contributed by atoms with Crippen LogP contribution in [0.5, 0.6) is 0 Å². The molecular weight excluding hydrogens is 386 g/mol. The lowest BCUT2D eigenvalue weighted by atomic mass is 9.95. The summed E-state index contributed by atoms with van der Waals surface area (Å²) in [6.07, 6.45) is 7.64. The highest BCUT2D eigenvalue weighted by Crippen LogP contribution is 2.33. The molecule has 0 unspecified atom stereocenters. The maximum Gasteiger partial charge on any atom is 0.162 e. The molecule has 1 fully saturated rings. The summed E-state index contributed by atoms with van der Waals surface area (Å²) in [4.78, 5) is 16.3. The standard InChI is InChI=1S/C24H21N7/c1-2-6-20-19(5-1)24(27-22(26-20)17-8-12-25-13-9-17)30-15-10-18(11-16-30)23-29-28-21-7-3-4-14-31(21)23/h1-9,12-14,18H,10-11,15-16H2. The number of nitrogens with zero attached hydrogens (tertiary/aromatic N) is 7. The second-order valence-corrected chi connectivity index (χ2v) is 7.87. The number of anilines is 1. The number of rotatable bonds is 3. The predicted octanol–water partition coefficient (Wildman–Crippen LogP) is 4.12. The third kappa shape index (κ3) is 3.18. The van der Waals surface area contributed by atoms with E-state index in [1.807, 2.05) is 36.4 Å². The van der Waals surface area contributed by atoms with Crippen molar-refractivity contribution in [1.82, 2.24) is 29.5 Å². The molecule has 0 bridgehead atoms. The lowest BCUT2D eigenvalue weighted by Crippen LogP contribution is -2.34. The molecule has 1 aliphatic heterocycles. The zero-order valence-electron chi connectivity index (χ0n) is 17.0. The van der Waals surface area contributed by atoms with Gasteiger partial charge in [-0.2, -0.15) is 0 Å². The van der Waals surface area contributed by atoms with Crippen LogP contribution in [0.1, 0.15) is 24.6 Å². The third-order valence-electron chi connectivity index (χ3n) is 6.02. The van der Waals surface area contributed by atoms with Gasteiger partial charge in [-0.15, -0.1) is 10.2 Å². The van der Waals surface area contributed by atoms with E-state index in [-0.39, 0.29) is 0 Å². The zero-order chi connectivity index (χ0) is 20.6. The van der Waals surface area contributed by atoms with Gasteiger partial charge in [-0.25, -0.2) is 9.97 Å². The molecule has 0 N–H and O–H groups in total. The normalized spacial score (nSPS) is 15.0. The van der Waals surface area contributed by atoms with Gasteiger partial charge in [-0.1, -0.05) is 18.2 Å². The first-order chi connectivity index (χ1) is 15.4. The molecule has 31 heavy (non-hydrogen) atoms. The molecule has 6 rings (SSSR count). The predicted molar refractivity (Wildman–Crippen MR) is 120 cm³/mol. The van der Waals surface area contributed by atoms with Crippen LogP contribution in [-0.4, -0.2) is 42.6 Å². The molecule has 5 aromatic rings. The molecule has 4 aromatic heterocycles. The lowest BCUT2D eigenvalue weighted by Gasteiger charge is -2.32. The molecule has 0 spiro atoms. The smallest absolute Gasteiger partial charge is 0.162 e. The Hall–Kier alpha value is -3.87. The molecule has 152 valence electrons. The van der Waals surface area contributed by atoms with E-state index in [2.05, 4.69) is 48.9 Å². The van der Waals surface area contributed by atoms with Crippen LogP contribution >= 0.6 is 0 Å². The van der Waals surface area contributed by atoms with Gasteiger partial charge in [-0.3, -0.25) is 9.38 Å². The van der Waals surface area contributed by atoms with Crippen LogP contribution in [0.15, 0.2) is 73.2 Å². The van der Waals surface area contributed by atoms with E-state index < -0.39 is 0 Å². The van der Waals surface area contributed by atoms with E-state index in [1.165, 1.54) is 0 Å². The summed E-state index contributed by atoms with van der Waals surface area (Å²) in [6, 6.07) is 18.2. The highest BCUT2D eigenvalue weighted by Gasteiger charge is 2.26. The van der Waals surface area contributed by atoms with Crippen molar-refractivity contribution in [1.29, 1.82) is 0 Å². The molecule has 0 radical (unpaired) electrons. The summed E-state index contributed by atoms with van der Waals surface area (Å²) in [5.41, 5.74) is 2.85. The molecule has 7 heteroatoms.